The second-order valence-electron chi connectivity index (χ2n) is 6.32. The lowest BCUT2D eigenvalue weighted by atomic mass is 9.81. The van der Waals surface area contributed by atoms with Crippen LogP contribution in [0.1, 0.15) is 43.7 Å². The first-order valence-electron chi connectivity index (χ1n) is 7.60. The summed E-state index contributed by atoms with van der Waals surface area (Å²) in [5.41, 5.74) is 2.88. The van der Waals surface area contributed by atoms with Crippen LogP contribution in [0.2, 0.25) is 0 Å². The van der Waals surface area contributed by atoms with Crippen molar-refractivity contribution in [3.8, 4) is 0 Å². The van der Waals surface area contributed by atoms with Crippen molar-refractivity contribution in [1.82, 2.24) is 10.2 Å². The fourth-order valence-electron chi connectivity index (χ4n) is 2.82. The molecule has 1 aliphatic carbocycles. The van der Waals surface area contributed by atoms with E-state index in [2.05, 4.69) is 55.5 Å². The molecule has 0 spiro atoms. The van der Waals surface area contributed by atoms with Crippen LogP contribution in [0.5, 0.6) is 0 Å². The van der Waals surface area contributed by atoms with Gasteiger partial charge in [0.15, 0.2) is 0 Å². The van der Waals surface area contributed by atoms with E-state index in [9.17, 15) is 0 Å². The monoisotopic (exact) mass is 260 g/mol. The predicted molar refractivity (Wildman–Crippen MR) is 82.1 cm³/mol. The Morgan fingerprint density at radius 3 is 2.47 bits per heavy atom. The van der Waals surface area contributed by atoms with Gasteiger partial charge in [-0.25, -0.2) is 0 Å². The zero-order valence-corrected chi connectivity index (χ0v) is 12.7. The van der Waals surface area contributed by atoms with Gasteiger partial charge in [0.05, 0.1) is 0 Å². The van der Waals surface area contributed by atoms with E-state index in [1.165, 1.54) is 36.8 Å². The third-order valence-corrected chi connectivity index (χ3v) is 4.16. The molecule has 2 rings (SSSR count). The maximum atomic E-state index is 3.69. The Labute approximate surface area is 118 Å². The van der Waals surface area contributed by atoms with E-state index in [4.69, 9.17) is 0 Å². The second kappa shape index (κ2) is 7.06. The highest BCUT2D eigenvalue weighted by Gasteiger charge is 2.19. The lowest BCUT2D eigenvalue weighted by Gasteiger charge is -2.28. The quantitative estimate of drug-likeness (QED) is 0.808. The smallest absolute Gasteiger partial charge is 0.0230 e. The van der Waals surface area contributed by atoms with Crippen molar-refractivity contribution in [1.29, 1.82) is 0 Å². The highest BCUT2D eigenvalue weighted by molar-refractivity contribution is 5.26. The van der Waals surface area contributed by atoms with Gasteiger partial charge in [0.2, 0.25) is 0 Å². The summed E-state index contributed by atoms with van der Waals surface area (Å²) in [6.07, 6.45) is 5.69. The predicted octanol–water partition coefficient (Wildman–Crippen LogP) is 3.42. The molecular formula is C17H28N2. The Bertz CT molecular complexity index is 383. The van der Waals surface area contributed by atoms with Gasteiger partial charge in [0.1, 0.15) is 0 Å². The van der Waals surface area contributed by atoms with Gasteiger partial charge in [0, 0.05) is 19.1 Å². The number of nitrogens with zero attached hydrogens (tertiary/aromatic N) is 1. The van der Waals surface area contributed by atoms with Crippen LogP contribution < -0.4 is 5.32 Å². The summed E-state index contributed by atoms with van der Waals surface area (Å²) in [7, 11) is 4.26. The topological polar surface area (TPSA) is 15.3 Å². The van der Waals surface area contributed by atoms with Crippen molar-refractivity contribution < 1.29 is 0 Å². The van der Waals surface area contributed by atoms with Gasteiger partial charge >= 0.3 is 0 Å². The molecule has 1 N–H and O–H groups in total. The molecule has 1 aliphatic rings. The van der Waals surface area contributed by atoms with Gasteiger partial charge in [-0.2, -0.15) is 0 Å². The van der Waals surface area contributed by atoms with E-state index in [1.807, 2.05) is 0 Å². The van der Waals surface area contributed by atoms with E-state index in [1.54, 1.807) is 0 Å². The summed E-state index contributed by atoms with van der Waals surface area (Å²) in [6.45, 7) is 4.35. The van der Waals surface area contributed by atoms with Gasteiger partial charge in [-0.3, -0.25) is 0 Å². The molecule has 0 saturated heterocycles. The molecule has 1 unspecified atom stereocenters. The molecule has 106 valence electrons. The molecule has 0 aliphatic heterocycles. The molecule has 1 saturated carbocycles. The van der Waals surface area contributed by atoms with Crippen molar-refractivity contribution in [3.05, 3.63) is 35.4 Å². The van der Waals surface area contributed by atoms with Crippen molar-refractivity contribution in [3.63, 3.8) is 0 Å². The van der Waals surface area contributed by atoms with Crippen LogP contribution in [-0.4, -0.2) is 25.0 Å². The van der Waals surface area contributed by atoms with Gasteiger partial charge in [-0.15, -0.1) is 0 Å². The van der Waals surface area contributed by atoms with Crippen LogP contribution in [-0.2, 0) is 13.1 Å². The molecule has 19 heavy (non-hydrogen) atoms. The maximum Gasteiger partial charge on any atom is 0.0230 e. The largest absolute Gasteiger partial charge is 0.310 e. The summed E-state index contributed by atoms with van der Waals surface area (Å²) in [5.74, 6) is 0.986. The zero-order chi connectivity index (χ0) is 13.7. The minimum Gasteiger partial charge on any atom is -0.310 e. The van der Waals surface area contributed by atoms with Crippen LogP contribution in [0.4, 0.5) is 0 Å². The normalized spacial score (nSPS) is 17.5. The average Bonchev–Trinajstić information content (AvgIpc) is 2.32. The number of benzene rings is 1. The highest BCUT2D eigenvalue weighted by atomic mass is 15.0. The van der Waals surface area contributed by atoms with Crippen LogP contribution in [0, 0.1) is 5.92 Å². The van der Waals surface area contributed by atoms with Crippen molar-refractivity contribution in [2.45, 2.75) is 51.7 Å². The molecule has 0 bridgehead atoms. The molecular weight excluding hydrogens is 232 g/mol. The summed E-state index contributed by atoms with van der Waals surface area (Å²) < 4.78 is 0. The molecule has 1 fully saturated rings. The molecule has 0 heterocycles. The van der Waals surface area contributed by atoms with Crippen LogP contribution in [0.25, 0.3) is 0 Å². The van der Waals surface area contributed by atoms with Crippen LogP contribution >= 0.6 is 0 Å². The van der Waals surface area contributed by atoms with E-state index in [0.29, 0.717) is 6.04 Å². The minimum absolute atomic E-state index is 0.637. The Morgan fingerprint density at radius 1 is 1.21 bits per heavy atom. The minimum atomic E-state index is 0.637. The Balaban J connectivity index is 1.83. The van der Waals surface area contributed by atoms with Gasteiger partial charge in [-0.05, 0) is 44.5 Å². The fraction of sp³-hybridized carbons (Fsp3) is 0.647. The Hall–Kier alpha value is -0.860. The fourth-order valence-corrected chi connectivity index (χ4v) is 2.82. The molecule has 0 radical (unpaired) electrons. The number of hydrogen-bond acceptors (Lipinski definition) is 2. The standard InChI is InChI=1S/C17H28N2/c1-14(11-15-7-6-8-15)18-12-16-9-4-5-10-17(16)13-19(2)3/h4-5,9-10,14-15,18H,6-8,11-13H2,1-3H3. The lowest BCUT2D eigenvalue weighted by molar-refractivity contribution is 0.265. The summed E-state index contributed by atoms with van der Waals surface area (Å²) in [6, 6.07) is 9.42. The van der Waals surface area contributed by atoms with E-state index >= 15 is 0 Å². The third-order valence-electron chi connectivity index (χ3n) is 4.16. The molecule has 2 nitrogen and oxygen atoms in total. The molecule has 1 aromatic rings. The Kier molecular flexibility index (Phi) is 5.41. The van der Waals surface area contributed by atoms with Gasteiger partial charge in [0.25, 0.3) is 0 Å². The van der Waals surface area contributed by atoms with E-state index < -0.39 is 0 Å². The molecule has 0 amide bonds. The number of nitrogens with one attached hydrogen (secondary N) is 1. The first-order valence-corrected chi connectivity index (χ1v) is 7.60. The summed E-state index contributed by atoms with van der Waals surface area (Å²) in [5, 5.41) is 3.69. The molecule has 2 heteroatoms. The lowest BCUT2D eigenvalue weighted by Crippen LogP contribution is -2.30. The van der Waals surface area contributed by atoms with Crippen molar-refractivity contribution >= 4 is 0 Å². The molecule has 1 atom stereocenters. The molecule has 0 aromatic heterocycles. The van der Waals surface area contributed by atoms with Crippen LogP contribution in [0.15, 0.2) is 24.3 Å². The summed E-state index contributed by atoms with van der Waals surface area (Å²) >= 11 is 0. The highest BCUT2D eigenvalue weighted by Crippen LogP contribution is 2.30. The SMILES string of the molecule is CC(CC1CCC1)NCc1ccccc1CN(C)C. The Morgan fingerprint density at radius 2 is 1.89 bits per heavy atom. The second-order valence-corrected chi connectivity index (χ2v) is 6.32. The van der Waals surface area contributed by atoms with Gasteiger partial charge < -0.3 is 10.2 Å². The van der Waals surface area contributed by atoms with Crippen molar-refractivity contribution in [2.75, 3.05) is 14.1 Å². The number of rotatable bonds is 7. The number of hydrogen-bond donors (Lipinski definition) is 1. The third kappa shape index (κ3) is 4.63. The van der Waals surface area contributed by atoms with Crippen LogP contribution in [0.3, 0.4) is 0 Å². The first-order chi connectivity index (χ1) is 9.15. The maximum absolute atomic E-state index is 3.69. The van der Waals surface area contributed by atoms with Gasteiger partial charge in [-0.1, -0.05) is 43.5 Å². The first kappa shape index (κ1) is 14.5. The van der Waals surface area contributed by atoms with E-state index in [0.717, 1.165) is 19.0 Å². The van der Waals surface area contributed by atoms with E-state index in [-0.39, 0.29) is 0 Å². The summed E-state index contributed by atoms with van der Waals surface area (Å²) in [4.78, 5) is 2.23. The van der Waals surface area contributed by atoms with Crippen molar-refractivity contribution in [2.24, 2.45) is 5.92 Å². The average molecular weight is 260 g/mol. The zero-order valence-electron chi connectivity index (χ0n) is 12.7. The molecule has 1 aromatic carbocycles.